The van der Waals surface area contributed by atoms with E-state index in [-0.39, 0.29) is 0 Å². The van der Waals surface area contributed by atoms with Crippen LogP contribution in [0.3, 0.4) is 0 Å². The van der Waals surface area contributed by atoms with E-state index in [1.807, 2.05) is 0 Å². The van der Waals surface area contributed by atoms with E-state index in [9.17, 15) is 0 Å². The Morgan fingerprint density at radius 3 is 2.62 bits per heavy atom. The van der Waals surface area contributed by atoms with Crippen molar-refractivity contribution in [3.63, 3.8) is 0 Å². The number of hydrogen-bond acceptors (Lipinski definition) is 1. The molecule has 1 nitrogen and oxygen atoms in total. The molecule has 1 aliphatic rings. The molecule has 1 rings (SSSR count). The van der Waals surface area contributed by atoms with Crippen molar-refractivity contribution in [2.24, 2.45) is 0 Å². The monoisotopic (exact) mass is 181 g/mol. The molecule has 1 N–H and O–H groups in total. The highest BCUT2D eigenvalue weighted by molar-refractivity contribution is 5.04. The summed E-state index contributed by atoms with van der Waals surface area (Å²) in [5.41, 5.74) is 1.50. The highest BCUT2D eigenvalue weighted by Crippen LogP contribution is 2.12. The lowest BCUT2D eigenvalue weighted by Crippen LogP contribution is -2.06. The SMILES string of the molecule is CCCCCCCCC1=CCCN1. The molecular formula is C12H23N. The molecule has 0 amide bonds. The molecule has 0 aromatic carbocycles. The summed E-state index contributed by atoms with van der Waals surface area (Å²) in [4.78, 5) is 0. The lowest BCUT2D eigenvalue weighted by molar-refractivity contribution is 0.600. The maximum absolute atomic E-state index is 3.42. The average molecular weight is 181 g/mol. The van der Waals surface area contributed by atoms with Crippen molar-refractivity contribution < 1.29 is 0 Å². The summed E-state index contributed by atoms with van der Waals surface area (Å²) in [6, 6.07) is 0. The summed E-state index contributed by atoms with van der Waals surface area (Å²) in [7, 11) is 0. The minimum Gasteiger partial charge on any atom is -0.388 e. The number of nitrogens with one attached hydrogen (secondary N) is 1. The maximum atomic E-state index is 3.42. The molecule has 0 radical (unpaired) electrons. The molecule has 0 saturated heterocycles. The molecule has 0 spiro atoms. The normalized spacial score (nSPS) is 15.6. The van der Waals surface area contributed by atoms with E-state index in [1.54, 1.807) is 0 Å². The van der Waals surface area contributed by atoms with Gasteiger partial charge in [-0.05, 0) is 19.3 Å². The van der Waals surface area contributed by atoms with Crippen LogP contribution >= 0.6 is 0 Å². The highest BCUT2D eigenvalue weighted by Gasteiger charge is 2.01. The quantitative estimate of drug-likeness (QED) is 0.592. The minimum absolute atomic E-state index is 1.17. The Kier molecular flexibility index (Phi) is 5.71. The Bertz CT molecular complexity index is 149. The van der Waals surface area contributed by atoms with Crippen molar-refractivity contribution in [3.05, 3.63) is 11.8 Å². The van der Waals surface area contributed by atoms with Crippen LogP contribution in [-0.4, -0.2) is 6.54 Å². The van der Waals surface area contributed by atoms with E-state index in [0.29, 0.717) is 0 Å². The summed E-state index contributed by atoms with van der Waals surface area (Å²) in [5.74, 6) is 0. The fourth-order valence-electron chi connectivity index (χ4n) is 1.84. The molecule has 1 heteroatoms. The van der Waals surface area contributed by atoms with Crippen LogP contribution < -0.4 is 5.32 Å². The van der Waals surface area contributed by atoms with Gasteiger partial charge >= 0.3 is 0 Å². The Hall–Kier alpha value is -0.460. The third-order valence-corrected chi connectivity index (χ3v) is 2.69. The van der Waals surface area contributed by atoms with Crippen molar-refractivity contribution >= 4 is 0 Å². The summed E-state index contributed by atoms with van der Waals surface area (Å²) in [6.07, 6.45) is 13.3. The molecule has 0 aliphatic carbocycles. The van der Waals surface area contributed by atoms with E-state index in [0.717, 1.165) is 0 Å². The van der Waals surface area contributed by atoms with Crippen LogP contribution in [0, 0.1) is 0 Å². The standard InChI is InChI=1S/C12H23N/c1-2-3-4-5-6-7-9-12-10-8-11-13-12/h10,13H,2-9,11H2,1H3. The number of rotatable bonds is 7. The van der Waals surface area contributed by atoms with Crippen molar-refractivity contribution in [3.8, 4) is 0 Å². The zero-order valence-corrected chi connectivity index (χ0v) is 8.94. The third-order valence-electron chi connectivity index (χ3n) is 2.69. The minimum atomic E-state index is 1.17. The number of unbranched alkanes of at least 4 members (excludes halogenated alkanes) is 5. The lowest BCUT2D eigenvalue weighted by atomic mass is 10.1. The van der Waals surface area contributed by atoms with Gasteiger partial charge in [0.1, 0.15) is 0 Å². The third kappa shape index (κ3) is 4.97. The van der Waals surface area contributed by atoms with Gasteiger partial charge in [-0.25, -0.2) is 0 Å². The molecule has 1 heterocycles. The molecule has 0 unspecified atom stereocenters. The van der Waals surface area contributed by atoms with Gasteiger partial charge in [-0.15, -0.1) is 0 Å². The topological polar surface area (TPSA) is 12.0 Å². The fraction of sp³-hybridized carbons (Fsp3) is 0.833. The van der Waals surface area contributed by atoms with E-state index < -0.39 is 0 Å². The lowest BCUT2D eigenvalue weighted by Gasteiger charge is -2.03. The van der Waals surface area contributed by atoms with Gasteiger partial charge in [0, 0.05) is 12.2 Å². The van der Waals surface area contributed by atoms with Gasteiger partial charge in [-0.3, -0.25) is 0 Å². The smallest absolute Gasteiger partial charge is 0.0179 e. The Morgan fingerprint density at radius 1 is 1.15 bits per heavy atom. The maximum Gasteiger partial charge on any atom is 0.0179 e. The largest absolute Gasteiger partial charge is 0.388 e. The molecule has 0 aromatic rings. The van der Waals surface area contributed by atoms with Crippen LogP contribution in [0.2, 0.25) is 0 Å². The molecule has 0 aromatic heterocycles. The van der Waals surface area contributed by atoms with Gasteiger partial charge < -0.3 is 5.32 Å². The zero-order valence-electron chi connectivity index (χ0n) is 8.94. The van der Waals surface area contributed by atoms with Gasteiger partial charge in [0.05, 0.1) is 0 Å². The van der Waals surface area contributed by atoms with E-state index in [1.165, 1.54) is 63.6 Å². The molecule has 0 atom stereocenters. The fourth-order valence-corrected chi connectivity index (χ4v) is 1.84. The summed E-state index contributed by atoms with van der Waals surface area (Å²) < 4.78 is 0. The van der Waals surface area contributed by atoms with Crippen molar-refractivity contribution in [2.45, 2.75) is 58.3 Å². The van der Waals surface area contributed by atoms with Crippen LogP contribution in [-0.2, 0) is 0 Å². The first-order valence-electron chi connectivity index (χ1n) is 5.86. The molecule has 76 valence electrons. The van der Waals surface area contributed by atoms with Crippen molar-refractivity contribution in [1.29, 1.82) is 0 Å². The summed E-state index contributed by atoms with van der Waals surface area (Å²) in [6.45, 7) is 3.44. The molecule has 13 heavy (non-hydrogen) atoms. The second kappa shape index (κ2) is 6.99. The van der Waals surface area contributed by atoms with Crippen LogP contribution in [0.5, 0.6) is 0 Å². The Morgan fingerprint density at radius 2 is 1.92 bits per heavy atom. The van der Waals surface area contributed by atoms with Gasteiger partial charge in [-0.2, -0.15) is 0 Å². The van der Waals surface area contributed by atoms with Crippen LogP contribution in [0.25, 0.3) is 0 Å². The first-order valence-corrected chi connectivity index (χ1v) is 5.86. The van der Waals surface area contributed by atoms with Gasteiger partial charge in [-0.1, -0.05) is 45.1 Å². The van der Waals surface area contributed by atoms with Crippen molar-refractivity contribution in [2.75, 3.05) is 6.54 Å². The highest BCUT2D eigenvalue weighted by atomic mass is 14.9. The molecule has 0 bridgehead atoms. The number of hydrogen-bond donors (Lipinski definition) is 1. The molecule has 1 aliphatic heterocycles. The predicted molar refractivity (Wildman–Crippen MR) is 58.7 cm³/mol. The summed E-state index contributed by atoms with van der Waals surface area (Å²) in [5, 5.41) is 3.42. The van der Waals surface area contributed by atoms with Gasteiger partial charge in [0.2, 0.25) is 0 Å². The Balaban J connectivity index is 1.83. The van der Waals surface area contributed by atoms with Gasteiger partial charge in [0.15, 0.2) is 0 Å². The zero-order chi connectivity index (χ0) is 9.36. The first-order chi connectivity index (χ1) is 6.43. The van der Waals surface area contributed by atoms with E-state index in [4.69, 9.17) is 0 Å². The second-order valence-electron chi connectivity index (χ2n) is 3.96. The summed E-state index contributed by atoms with van der Waals surface area (Å²) >= 11 is 0. The molecule has 0 saturated carbocycles. The second-order valence-corrected chi connectivity index (χ2v) is 3.96. The average Bonchev–Trinajstić information content (AvgIpc) is 2.63. The first kappa shape index (κ1) is 10.6. The Labute approximate surface area is 82.6 Å². The number of allylic oxidation sites excluding steroid dienone is 1. The molecule has 0 fully saturated rings. The van der Waals surface area contributed by atoms with Crippen molar-refractivity contribution in [1.82, 2.24) is 5.32 Å². The predicted octanol–water partition coefficient (Wildman–Crippen LogP) is 3.61. The van der Waals surface area contributed by atoms with E-state index in [2.05, 4.69) is 18.3 Å². The van der Waals surface area contributed by atoms with Crippen LogP contribution in [0.15, 0.2) is 11.8 Å². The molecular weight excluding hydrogens is 158 g/mol. The van der Waals surface area contributed by atoms with E-state index >= 15 is 0 Å². The van der Waals surface area contributed by atoms with Crippen LogP contribution in [0.1, 0.15) is 58.3 Å². The van der Waals surface area contributed by atoms with Gasteiger partial charge in [0.25, 0.3) is 0 Å². The van der Waals surface area contributed by atoms with Crippen LogP contribution in [0.4, 0.5) is 0 Å².